The fraction of sp³-hybridized carbons (Fsp3) is 0.471. The number of nitrogens with one attached hydrogen (secondary N) is 3. The number of carbonyl (C=O) groups excluding carboxylic acids is 3. The third kappa shape index (κ3) is 9.69. The van der Waals surface area contributed by atoms with Gasteiger partial charge in [0.1, 0.15) is 0 Å². The van der Waals surface area contributed by atoms with Gasteiger partial charge in [-0.1, -0.05) is 44.2 Å². The normalized spacial score (nSPS) is 11.2. The molecule has 140 valence electrons. The lowest BCUT2D eigenvalue weighted by atomic mass is 10.1. The van der Waals surface area contributed by atoms with Gasteiger partial charge in [-0.2, -0.15) is 0 Å². The fourth-order valence-electron chi connectivity index (χ4n) is 1.88. The van der Waals surface area contributed by atoms with Crippen LogP contribution < -0.4 is 21.7 Å². The van der Waals surface area contributed by atoms with Crippen molar-refractivity contribution in [2.45, 2.75) is 26.3 Å². The lowest BCUT2D eigenvalue weighted by molar-refractivity contribution is -0.128. The molecule has 0 aliphatic rings. The molecule has 8 heteroatoms. The number of hydrogen-bond acceptors (Lipinski definition) is 4. The molecule has 0 aliphatic heterocycles. The largest absolute Gasteiger partial charge is 0.354 e. The number of rotatable bonds is 9. The van der Waals surface area contributed by atoms with Crippen LogP contribution in [0.1, 0.15) is 19.4 Å². The Morgan fingerprint density at radius 3 is 2.12 bits per heavy atom. The van der Waals surface area contributed by atoms with Gasteiger partial charge in [0.2, 0.25) is 17.7 Å². The average Bonchev–Trinajstić information content (AvgIpc) is 2.58. The second-order valence-electron chi connectivity index (χ2n) is 5.85. The van der Waals surface area contributed by atoms with Gasteiger partial charge in [0.15, 0.2) is 0 Å². The second kappa shape index (κ2) is 12.3. The molecular weight excluding hydrogens is 344 g/mol. The van der Waals surface area contributed by atoms with Crippen LogP contribution in [0.2, 0.25) is 0 Å². The van der Waals surface area contributed by atoms with Crippen molar-refractivity contribution in [2.24, 2.45) is 11.7 Å². The van der Waals surface area contributed by atoms with E-state index in [2.05, 4.69) is 16.0 Å². The Bertz CT molecular complexity index is 552. The number of carbonyl (C=O) groups is 3. The Morgan fingerprint density at radius 2 is 1.52 bits per heavy atom. The first-order valence-corrected chi connectivity index (χ1v) is 8.00. The summed E-state index contributed by atoms with van der Waals surface area (Å²) >= 11 is 0. The molecule has 0 heterocycles. The topological polar surface area (TPSA) is 113 Å². The van der Waals surface area contributed by atoms with Crippen molar-refractivity contribution in [3.05, 3.63) is 35.9 Å². The van der Waals surface area contributed by atoms with Gasteiger partial charge in [-0.15, -0.1) is 12.4 Å². The van der Waals surface area contributed by atoms with Crippen molar-refractivity contribution in [1.82, 2.24) is 16.0 Å². The molecule has 1 rings (SSSR count). The second-order valence-corrected chi connectivity index (χ2v) is 5.85. The van der Waals surface area contributed by atoms with Gasteiger partial charge in [0.05, 0.1) is 19.1 Å². The van der Waals surface area contributed by atoms with Crippen molar-refractivity contribution >= 4 is 30.1 Å². The van der Waals surface area contributed by atoms with Gasteiger partial charge >= 0.3 is 0 Å². The summed E-state index contributed by atoms with van der Waals surface area (Å²) in [7, 11) is 0. The van der Waals surface area contributed by atoms with E-state index in [1.165, 1.54) is 0 Å². The first kappa shape index (κ1) is 22.9. The zero-order valence-electron chi connectivity index (χ0n) is 14.6. The summed E-state index contributed by atoms with van der Waals surface area (Å²) in [6.07, 6.45) is 0.726. The summed E-state index contributed by atoms with van der Waals surface area (Å²) < 4.78 is 0. The van der Waals surface area contributed by atoms with Gasteiger partial charge in [0.25, 0.3) is 0 Å². The van der Waals surface area contributed by atoms with E-state index in [1.807, 2.05) is 44.2 Å². The average molecular weight is 371 g/mol. The molecule has 0 aromatic heterocycles. The van der Waals surface area contributed by atoms with Gasteiger partial charge in [-0.05, 0) is 17.9 Å². The quantitative estimate of drug-likeness (QED) is 0.489. The Morgan fingerprint density at radius 1 is 0.960 bits per heavy atom. The minimum Gasteiger partial charge on any atom is -0.354 e. The minimum atomic E-state index is -0.654. The number of halogens is 1. The van der Waals surface area contributed by atoms with Crippen LogP contribution in [-0.4, -0.2) is 43.4 Å². The van der Waals surface area contributed by atoms with Crippen molar-refractivity contribution < 1.29 is 14.4 Å². The molecule has 1 aromatic carbocycles. The Balaban J connectivity index is 0.00000576. The van der Waals surface area contributed by atoms with Gasteiger partial charge in [0, 0.05) is 6.54 Å². The number of amides is 3. The number of hydrogen-bond donors (Lipinski definition) is 4. The number of nitrogens with two attached hydrogens (primary N) is 1. The Labute approximate surface area is 154 Å². The van der Waals surface area contributed by atoms with Crippen LogP contribution in [0.15, 0.2) is 30.3 Å². The van der Waals surface area contributed by atoms with Gasteiger partial charge in [-0.25, -0.2) is 0 Å². The standard InChI is InChI=1S/C17H26N4O3.ClH/c1-12(2)16(18)17(24)21-11-15(23)20-10-14(22)19-9-8-13-6-4-3-5-7-13;/h3-7,12,16H,8-11,18H2,1-2H3,(H,19,22)(H,20,23)(H,21,24);1H/t16-;/m0./s1. The molecule has 0 saturated heterocycles. The summed E-state index contributed by atoms with van der Waals surface area (Å²) in [5, 5.41) is 7.62. The molecule has 0 aliphatic carbocycles. The third-order valence-corrected chi connectivity index (χ3v) is 3.47. The summed E-state index contributed by atoms with van der Waals surface area (Å²) in [6.45, 7) is 3.82. The van der Waals surface area contributed by atoms with Crippen molar-refractivity contribution in [3.8, 4) is 0 Å². The molecule has 1 atom stereocenters. The fourth-order valence-corrected chi connectivity index (χ4v) is 1.88. The zero-order valence-corrected chi connectivity index (χ0v) is 15.4. The van der Waals surface area contributed by atoms with E-state index in [0.717, 1.165) is 12.0 Å². The summed E-state index contributed by atoms with van der Waals surface area (Å²) in [5.41, 5.74) is 6.79. The summed E-state index contributed by atoms with van der Waals surface area (Å²) in [4.78, 5) is 34.8. The molecule has 0 radical (unpaired) electrons. The van der Waals surface area contributed by atoms with Crippen LogP contribution in [0.5, 0.6) is 0 Å². The summed E-state index contributed by atoms with van der Waals surface area (Å²) in [6, 6.07) is 9.13. The first-order chi connectivity index (χ1) is 11.4. The van der Waals surface area contributed by atoms with E-state index in [0.29, 0.717) is 6.54 Å². The molecule has 5 N–H and O–H groups in total. The molecule has 7 nitrogen and oxygen atoms in total. The summed E-state index contributed by atoms with van der Waals surface area (Å²) in [5.74, 6) is -1.10. The van der Waals surface area contributed by atoms with Crippen LogP contribution in [0.25, 0.3) is 0 Å². The van der Waals surface area contributed by atoms with E-state index in [4.69, 9.17) is 5.73 Å². The highest BCUT2D eigenvalue weighted by Gasteiger charge is 2.17. The zero-order chi connectivity index (χ0) is 17.9. The highest BCUT2D eigenvalue weighted by molar-refractivity contribution is 5.89. The highest BCUT2D eigenvalue weighted by atomic mass is 35.5. The Hall–Kier alpha value is -2.12. The predicted octanol–water partition coefficient (Wildman–Crippen LogP) is -0.0172. The lowest BCUT2D eigenvalue weighted by Gasteiger charge is -2.15. The van der Waals surface area contributed by atoms with Crippen molar-refractivity contribution in [1.29, 1.82) is 0 Å². The molecule has 0 spiro atoms. The van der Waals surface area contributed by atoms with E-state index >= 15 is 0 Å². The smallest absolute Gasteiger partial charge is 0.239 e. The van der Waals surface area contributed by atoms with Crippen LogP contribution in [-0.2, 0) is 20.8 Å². The monoisotopic (exact) mass is 370 g/mol. The maximum absolute atomic E-state index is 11.6. The van der Waals surface area contributed by atoms with Crippen molar-refractivity contribution in [3.63, 3.8) is 0 Å². The first-order valence-electron chi connectivity index (χ1n) is 8.00. The van der Waals surface area contributed by atoms with E-state index in [-0.39, 0.29) is 43.2 Å². The molecule has 0 unspecified atom stereocenters. The lowest BCUT2D eigenvalue weighted by Crippen LogP contribution is -2.48. The molecule has 25 heavy (non-hydrogen) atoms. The molecule has 0 saturated carbocycles. The van der Waals surface area contributed by atoms with Crippen LogP contribution >= 0.6 is 12.4 Å². The van der Waals surface area contributed by atoms with E-state index in [9.17, 15) is 14.4 Å². The molecule has 0 bridgehead atoms. The molecule has 3 amide bonds. The van der Waals surface area contributed by atoms with E-state index < -0.39 is 11.9 Å². The Kier molecular flexibility index (Phi) is 11.2. The molecule has 0 fully saturated rings. The SMILES string of the molecule is CC(C)[C@H](N)C(=O)NCC(=O)NCC(=O)NCCc1ccccc1.Cl. The predicted molar refractivity (Wildman–Crippen MR) is 99.2 cm³/mol. The highest BCUT2D eigenvalue weighted by Crippen LogP contribution is 1.98. The number of benzene rings is 1. The van der Waals surface area contributed by atoms with E-state index in [1.54, 1.807) is 0 Å². The van der Waals surface area contributed by atoms with Gasteiger partial charge < -0.3 is 21.7 Å². The van der Waals surface area contributed by atoms with Gasteiger partial charge in [-0.3, -0.25) is 14.4 Å². The third-order valence-electron chi connectivity index (χ3n) is 3.47. The molecule has 1 aromatic rings. The van der Waals surface area contributed by atoms with Crippen molar-refractivity contribution in [2.75, 3.05) is 19.6 Å². The van der Waals surface area contributed by atoms with Crippen LogP contribution in [0, 0.1) is 5.92 Å². The van der Waals surface area contributed by atoms with Crippen LogP contribution in [0.3, 0.4) is 0 Å². The maximum Gasteiger partial charge on any atom is 0.239 e. The minimum absolute atomic E-state index is 0. The van der Waals surface area contributed by atoms with Crippen LogP contribution in [0.4, 0.5) is 0 Å². The molecular formula is C17H27ClN4O3. The maximum atomic E-state index is 11.6.